The van der Waals surface area contributed by atoms with E-state index in [1.807, 2.05) is 0 Å². The summed E-state index contributed by atoms with van der Waals surface area (Å²) in [4.78, 5) is 24.3. The molecule has 0 radical (unpaired) electrons. The Hall–Kier alpha value is -1.12. The fourth-order valence-electron chi connectivity index (χ4n) is 6.21. The normalized spacial score (nSPS) is 47.7. The van der Waals surface area contributed by atoms with Gasteiger partial charge in [0.15, 0.2) is 0 Å². The molecule has 0 aromatic carbocycles. The van der Waals surface area contributed by atoms with Gasteiger partial charge in [-0.05, 0) is 56.3 Å². The Kier molecular flexibility index (Phi) is 3.08. The average Bonchev–Trinajstić information content (AvgIpc) is 2.68. The van der Waals surface area contributed by atoms with Gasteiger partial charge in [0.1, 0.15) is 5.78 Å². The van der Waals surface area contributed by atoms with Gasteiger partial charge in [-0.15, -0.1) is 0 Å². The highest BCUT2D eigenvalue weighted by atomic mass is 16.1. The van der Waals surface area contributed by atoms with Crippen LogP contribution in [0.25, 0.3) is 0 Å². The van der Waals surface area contributed by atoms with E-state index in [1.165, 1.54) is 5.70 Å². The zero-order chi connectivity index (χ0) is 15.5. The van der Waals surface area contributed by atoms with Crippen LogP contribution in [-0.2, 0) is 9.59 Å². The molecule has 0 aromatic rings. The largest absolute Gasteiger partial charge is 0.330 e. The fraction of sp³-hybridized carbons (Fsp3) is 0.789. The van der Waals surface area contributed by atoms with Crippen LogP contribution in [-0.4, -0.2) is 11.7 Å². The molecular weight excluding hydrogens is 274 g/mol. The van der Waals surface area contributed by atoms with Gasteiger partial charge in [0.2, 0.25) is 5.91 Å². The molecule has 4 rings (SSSR count). The third-order valence-electron chi connectivity index (χ3n) is 7.55. The van der Waals surface area contributed by atoms with E-state index in [1.54, 1.807) is 0 Å². The molecule has 0 bridgehead atoms. The zero-order valence-electron chi connectivity index (χ0n) is 13.8. The van der Waals surface area contributed by atoms with E-state index in [0.29, 0.717) is 30.0 Å². The van der Waals surface area contributed by atoms with Crippen LogP contribution in [0, 0.1) is 28.6 Å². The summed E-state index contributed by atoms with van der Waals surface area (Å²) < 4.78 is 0. The minimum Gasteiger partial charge on any atom is -0.330 e. The number of allylic oxidation sites excluding steroid dienone is 2. The van der Waals surface area contributed by atoms with Crippen molar-refractivity contribution in [2.45, 2.75) is 65.2 Å². The van der Waals surface area contributed by atoms with Crippen LogP contribution >= 0.6 is 0 Å². The molecule has 4 aliphatic rings. The van der Waals surface area contributed by atoms with E-state index in [-0.39, 0.29) is 16.7 Å². The minimum atomic E-state index is -0.0587. The lowest BCUT2D eigenvalue weighted by Crippen LogP contribution is -2.50. The second-order valence-corrected chi connectivity index (χ2v) is 8.47. The van der Waals surface area contributed by atoms with Crippen molar-refractivity contribution in [3.8, 4) is 0 Å². The van der Waals surface area contributed by atoms with Gasteiger partial charge in [-0.3, -0.25) is 9.59 Å². The molecule has 3 fully saturated rings. The van der Waals surface area contributed by atoms with E-state index < -0.39 is 0 Å². The third kappa shape index (κ3) is 1.80. The van der Waals surface area contributed by atoms with Crippen molar-refractivity contribution in [1.82, 2.24) is 5.32 Å². The first-order valence-corrected chi connectivity index (χ1v) is 8.99. The molecule has 2 saturated carbocycles. The second-order valence-electron chi connectivity index (χ2n) is 8.47. The van der Waals surface area contributed by atoms with E-state index in [4.69, 9.17) is 0 Å². The lowest BCUT2D eigenvalue weighted by Gasteiger charge is -2.54. The standard InChI is InChI=1S/C19H27NO2/c1-18-10-3-4-17(22)20-15(18)7-5-12-13-6-8-16(21)19(13,2)11-9-14(12)18/h7,12-14H,3-6,8-11H2,1-2H3,(H,20,22)/t12-,13-,14-,18+,19-/m0/s1. The number of hydrogen-bond donors (Lipinski definition) is 1. The molecule has 0 unspecified atom stereocenters. The Morgan fingerprint density at radius 2 is 1.82 bits per heavy atom. The summed E-state index contributed by atoms with van der Waals surface area (Å²) in [6.45, 7) is 4.58. The molecule has 5 atom stereocenters. The van der Waals surface area contributed by atoms with E-state index in [9.17, 15) is 9.59 Å². The van der Waals surface area contributed by atoms with Gasteiger partial charge < -0.3 is 5.32 Å². The summed E-state index contributed by atoms with van der Waals surface area (Å²) in [6, 6.07) is 0. The van der Waals surface area contributed by atoms with E-state index in [0.717, 1.165) is 44.9 Å². The molecule has 1 saturated heterocycles. The molecule has 3 heteroatoms. The zero-order valence-corrected chi connectivity index (χ0v) is 13.8. The number of carbonyl (C=O) groups excluding carboxylic acids is 2. The van der Waals surface area contributed by atoms with Crippen molar-refractivity contribution < 1.29 is 9.59 Å². The van der Waals surface area contributed by atoms with Gasteiger partial charge in [0, 0.05) is 29.4 Å². The quantitative estimate of drug-likeness (QED) is 0.743. The molecule has 3 nitrogen and oxygen atoms in total. The third-order valence-corrected chi connectivity index (χ3v) is 7.55. The van der Waals surface area contributed by atoms with Crippen LogP contribution in [0.1, 0.15) is 65.2 Å². The van der Waals surface area contributed by atoms with E-state index in [2.05, 4.69) is 25.2 Å². The molecule has 1 heterocycles. The van der Waals surface area contributed by atoms with E-state index >= 15 is 0 Å². The summed E-state index contributed by atoms with van der Waals surface area (Å²) in [7, 11) is 0. The second kappa shape index (κ2) is 4.69. The first-order chi connectivity index (χ1) is 10.4. The van der Waals surface area contributed by atoms with Gasteiger partial charge in [-0.2, -0.15) is 0 Å². The molecule has 22 heavy (non-hydrogen) atoms. The Balaban J connectivity index is 1.71. The monoisotopic (exact) mass is 301 g/mol. The number of rotatable bonds is 0. The van der Waals surface area contributed by atoms with Gasteiger partial charge in [-0.1, -0.05) is 19.9 Å². The average molecular weight is 301 g/mol. The van der Waals surface area contributed by atoms with Gasteiger partial charge in [-0.25, -0.2) is 0 Å². The molecule has 0 spiro atoms. The van der Waals surface area contributed by atoms with Crippen molar-refractivity contribution >= 4 is 11.7 Å². The number of nitrogens with one attached hydrogen (secondary N) is 1. The highest BCUT2D eigenvalue weighted by Gasteiger charge is 2.58. The number of Topliss-reactive ketones (excluding diaryl/α,β-unsaturated/α-hetero) is 1. The van der Waals surface area contributed by atoms with Crippen LogP contribution in [0.15, 0.2) is 11.8 Å². The molecular formula is C19H27NO2. The maximum absolute atomic E-state index is 12.4. The topological polar surface area (TPSA) is 46.2 Å². The molecule has 0 aromatic heterocycles. The van der Waals surface area contributed by atoms with Crippen LogP contribution in [0.2, 0.25) is 0 Å². The summed E-state index contributed by atoms with van der Waals surface area (Å²) in [5.74, 6) is 2.52. The van der Waals surface area contributed by atoms with Crippen molar-refractivity contribution in [2.24, 2.45) is 28.6 Å². The molecule has 1 amide bonds. The summed E-state index contributed by atoms with van der Waals surface area (Å²) in [5.41, 5.74) is 1.24. The molecule has 120 valence electrons. The molecule has 1 aliphatic heterocycles. The van der Waals surface area contributed by atoms with Gasteiger partial charge in [0.25, 0.3) is 0 Å². The number of carbonyl (C=O) groups is 2. The number of hydrogen-bond acceptors (Lipinski definition) is 2. The predicted molar refractivity (Wildman–Crippen MR) is 84.9 cm³/mol. The minimum absolute atomic E-state index is 0.0587. The van der Waals surface area contributed by atoms with Crippen LogP contribution < -0.4 is 5.32 Å². The Morgan fingerprint density at radius 1 is 1.05 bits per heavy atom. The van der Waals surface area contributed by atoms with Crippen molar-refractivity contribution in [1.29, 1.82) is 0 Å². The lowest BCUT2D eigenvalue weighted by molar-refractivity contribution is -0.131. The van der Waals surface area contributed by atoms with Gasteiger partial charge in [0.05, 0.1) is 0 Å². The summed E-state index contributed by atoms with van der Waals surface area (Å²) >= 11 is 0. The van der Waals surface area contributed by atoms with Crippen LogP contribution in [0.5, 0.6) is 0 Å². The Bertz CT molecular complexity index is 566. The molecule has 1 N–H and O–H groups in total. The van der Waals surface area contributed by atoms with Gasteiger partial charge >= 0.3 is 0 Å². The number of fused-ring (bicyclic) bond motifs is 5. The maximum atomic E-state index is 12.4. The van der Waals surface area contributed by atoms with Crippen LogP contribution in [0.4, 0.5) is 0 Å². The smallest absolute Gasteiger partial charge is 0.224 e. The first-order valence-electron chi connectivity index (χ1n) is 8.99. The van der Waals surface area contributed by atoms with Crippen molar-refractivity contribution in [3.63, 3.8) is 0 Å². The fourth-order valence-corrected chi connectivity index (χ4v) is 6.21. The highest BCUT2D eigenvalue weighted by molar-refractivity contribution is 5.87. The predicted octanol–water partition coefficient (Wildman–Crippen LogP) is 3.59. The summed E-state index contributed by atoms with van der Waals surface area (Å²) in [5, 5.41) is 3.19. The lowest BCUT2D eigenvalue weighted by atomic mass is 9.50. The van der Waals surface area contributed by atoms with Crippen molar-refractivity contribution in [3.05, 3.63) is 11.8 Å². The number of amides is 1. The molecule has 3 aliphatic carbocycles. The maximum Gasteiger partial charge on any atom is 0.224 e. The SMILES string of the molecule is C[C@]12CCCC(=O)NC1=CC[C@@H]1[C@@H]2CC[C@]2(C)C(=O)CC[C@@H]12. The van der Waals surface area contributed by atoms with Crippen molar-refractivity contribution in [2.75, 3.05) is 0 Å². The van der Waals surface area contributed by atoms with Crippen LogP contribution in [0.3, 0.4) is 0 Å². The highest BCUT2D eigenvalue weighted by Crippen LogP contribution is 2.62. The summed E-state index contributed by atoms with van der Waals surface area (Å²) in [6.07, 6.45) is 10.2. The first kappa shape index (κ1) is 14.5. The Morgan fingerprint density at radius 3 is 2.64 bits per heavy atom. The Labute approximate surface area is 132 Å². The number of ketones is 1.